The molecule has 2 aliphatic rings. The van der Waals surface area contributed by atoms with Crippen LogP contribution in [0, 0.1) is 11.2 Å². The lowest BCUT2D eigenvalue weighted by Gasteiger charge is -2.39. The second-order valence-corrected chi connectivity index (χ2v) is 7.73. The number of benzene rings is 2. The van der Waals surface area contributed by atoms with E-state index in [0.29, 0.717) is 5.69 Å². The number of ether oxygens (including phenoxy) is 1. The van der Waals surface area contributed by atoms with Gasteiger partial charge < -0.3 is 4.74 Å². The Morgan fingerprint density at radius 2 is 1.76 bits per heavy atom. The van der Waals surface area contributed by atoms with Crippen LogP contribution in [0.5, 0.6) is 5.75 Å². The van der Waals surface area contributed by atoms with Gasteiger partial charge in [0.25, 0.3) is 0 Å². The highest BCUT2D eigenvalue weighted by molar-refractivity contribution is 6.05. The Morgan fingerprint density at radius 3 is 2.56 bits per heavy atom. The van der Waals surface area contributed by atoms with Gasteiger partial charge in [0.2, 0.25) is 0 Å². The highest BCUT2D eigenvalue weighted by Gasteiger charge is 2.38. The van der Waals surface area contributed by atoms with E-state index in [0.717, 1.165) is 35.6 Å². The van der Waals surface area contributed by atoms with Crippen molar-refractivity contribution in [3.05, 3.63) is 71.2 Å². The average Bonchev–Trinajstić information content (AvgIpc) is 2.56. The topological polar surface area (TPSA) is 21.6 Å². The Hall–Kier alpha value is -2.42. The Balaban J connectivity index is 1.86. The standard InChI is InChI=1S/C22H22FNO/c1-14-15-8-4-7-11-19(15)25-20-13-22(2,3)12-18(21(14)20)24-17-10-6-5-9-16(17)23/h4-11,14H,12-13H2,1-3H3/t14-/m0/s1. The third kappa shape index (κ3) is 2.88. The largest absolute Gasteiger partial charge is 0.461 e. The van der Waals surface area contributed by atoms with Gasteiger partial charge in [0, 0.05) is 29.2 Å². The Kier molecular flexibility index (Phi) is 3.75. The molecule has 0 saturated heterocycles. The van der Waals surface area contributed by atoms with Crippen molar-refractivity contribution in [3.8, 4) is 5.75 Å². The second kappa shape index (κ2) is 5.83. The fourth-order valence-electron chi connectivity index (χ4n) is 3.89. The van der Waals surface area contributed by atoms with E-state index < -0.39 is 0 Å². The van der Waals surface area contributed by atoms with Crippen molar-refractivity contribution in [3.63, 3.8) is 0 Å². The first-order chi connectivity index (χ1) is 11.9. The first kappa shape index (κ1) is 16.1. The summed E-state index contributed by atoms with van der Waals surface area (Å²) < 4.78 is 20.4. The maximum atomic E-state index is 14.1. The second-order valence-electron chi connectivity index (χ2n) is 7.73. The molecule has 0 saturated carbocycles. The molecule has 0 bridgehead atoms. The molecule has 3 heteroatoms. The molecule has 1 aliphatic heterocycles. The minimum atomic E-state index is -0.287. The van der Waals surface area contributed by atoms with Gasteiger partial charge in [-0.25, -0.2) is 9.38 Å². The number of rotatable bonds is 1. The molecule has 128 valence electrons. The molecule has 2 aromatic rings. The quantitative estimate of drug-likeness (QED) is 0.611. The van der Waals surface area contributed by atoms with Crippen molar-refractivity contribution in [2.24, 2.45) is 10.4 Å². The average molecular weight is 335 g/mol. The van der Waals surface area contributed by atoms with Crippen molar-refractivity contribution in [2.45, 2.75) is 39.5 Å². The predicted molar refractivity (Wildman–Crippen MR) is 99.0 cm³/mol. The van der Waals surface area contributed by atoms with Gasteiger partial charge in [-0.15, -0.1) is 0 Å². The maximum Gasteiger partial charge on any atom is 0.148 e. The van der Waals surface area contributed by atoms with Gasteiger partial charge >= 0.3 is 0 Å². The number of halogens is 1. The minimum absolute atomic E-state index is 0.0366. The van der Waals surface area contributed by atoms with Gasteiger partial charge in [0.15, 0.2) is 0 Å². The molecule has 2 aromatic carbocycles. The maximum absolute atomic E-state index is 14.1. The molecule has 0 amide bonds. The van der Waals surface area contributed by atoms with Crippen LogP contribution in [0.4, 0.5) is 10.1 Å². The molecule has 25 heavy (non-hydrogen) atoms. The Morgan fingerprint density at radius 1 is 1.04 bits per heavy atom. The summed E-state index contributed by atoms with van der Waals surface area (Å²) in [6.45, 7) is 6.61. The number of para-hydroxylation sites is 2. The number of allylic oxidation sites excluding steroid dienone is 2. The summed E-state index contributed by atoms with van der Waals surface area (Å²) in [4.78, 5) is 4.72. The summed E-state index contributed by atoms with van der Waals surface area (Å²) in [5.41, 5.74) is 3.67. The molecule has 1 atom stereocenters. The van der Waals surface area contributed by atoms with Crippen LogP contribution in [0.25, 0.3) is 0 Å². The number of aliphatic imine (C=N–C) groups is 1. The lowest BCUT2D eigenvalue weighted by molar-refractivity contribution is 0.278. The monoisotopic (exact) mass is 335 g/mol. The minimum Gasteiger partial charge on any atom is -0.461 e. The molecule has 0 spiro atoms. The summed E-state index contributed by atoms with van der Waals surface area (Å²) in [5.74, 6) is 1.82. The molecule has 0 radical (unpaired) electrons. The SMILES string of the molecule is C[C@@H]1C2=C(CC(C)(C)CC2=Nc2ccccc2F)Oc2ccccc21. The normalized spacial score (nSPS) is 23.0. The summed E-state index contributed by atoms with van der Waals surface area (Å²) in [7, 11) is 0. The van der Waals surface area contributed by atoms with E-state index >= 15 is 0 Å². The van der Waals surface area contributed by atoms with Gasteiger partial charge in [0.05, 0.1) is 5.69 Å². The van der Waals surface area contributed by atoms with Crippen LogP contribution >= 0.6 is 0 Å². The summed E-state index contributed by atoms with van der Waals surface area (Å²) in [5, 5.41) is 0. The smallest absolute Gasteiger partial charge is 0.148 e. The molecule has 0 N–H and O–H groups in total. The van der Waals surface area contributed by atoms with E-state index in [-0.39, 0.29) is 17.2 Å². The molecule has 0 aromatic heterocycles. The van der Waals surface area contributed by atoms with Gasteiger partial charge in [-0.2, -0.15) is 0 Å². The van der Waals surface area contributed by atoms with E-state index in [4.69, 9.17) is 9.73 Å². The number of hydrogen-bond donors (Lipinski definition) is 0. The first-order valence-electron chi connectivity index (χ1n) is 8.77. The highest BCUT2D eigenvalue weighted by Crippen LogP contribution is 2.48. The zero-order valence-corrected chi connectivity index (χ0v) is 14.8. The Bertz CT molecular complexity index is 894. The van der Waals surface area contributed by atoms with Crippen LogP contribution in [0.2, 0.25) is 0 Å². The van der Waals surface area contributed by atoms with Gasteiger partial charge in [-0.1, -0.05) is 51.1 Å². The van der Waals surface area contributed by atoms with Crippen LogP contribution < -0.4 is 4.74 Å². The van der Waals surface area contributed by atoms with Crippen LogP contribution in [0.15, 0.2) is 64.9 Å². The summed E-state index contributed by atoms with van der Waals surface area (Å²) in [6.07, 6.45) is 1.69. The van der Waals surface area contributed by atoms with Crippen LogP contribution in [-0.4, -0.2) is 5.71 Å². The van der Waals surface area contributed by atoms with Crippen molar-refractivity contribution in [2.75, 3.05) is 0 Å². The molecular formula is C22H22FNO. The van der Waals surface area contributed by atoms with Crippen LogP contribution in [0.3, 0.4) is 0 Å². The van der Waals surface area contributed by atoms with Crippen molar-refractivity contribution >= 4 is 11.4 Å². The van der Waals surface area contributed by atoms with Crippen LogP contribution in [0.1, 0.15) is 45.1 Å². The van der Waals surface area contributed by atoms with Gasteiger partial charge in [-0.3, -0.25) is 0 Å². The molecule has 0 unspecified atom stereocenters. The molecule has 1 heterocycles. The number of nitrogens with zero attached hydrogens (tertiary/aromatic N) is 1. The highest BCUT2D eigenvalue weighted by atomic mass is 19.1. The number of hydrogen-bond acceptors (Lipinski definition) is 2. The van der Waals surface area contributed by atoms with Gasteiger partial charge in [0.1, 0.15) is 17.3 Å². The first-order valence-corrected chi connectivity index (χ1v) is 8.77. The van der Waals surface area contributed by atoms with E-state index in [1.54, 1.807) is 12.1 Å². The third-order valence-corrected chi connectivity index (χ3v) is 5.06. The third-order valence-electron chi connectivity index (χ3n) is 5.06. The predicted octanol–water partition coefficient (Wildman–Crippen LogP) is 6.17. The fraction of sp³-hybridized carbons (Fsp3) is 0.318. The van der Waals surface area contributed by atoms with Crippen molar-refractivity contribution < 1.29 is 9.13 Å². The van der Waals surface area contributed by atoms with Crippen molar-refractivity contribution in [1.29, 1.82) is 0 Å². The molecule has 0 fully saturated rings. The van der Waals surface area contributed by atoms with E-state index in [1.807, 2.05) is 24.3 Å². The lowest BCUT2D eigenvalue weighted by Crippen LogP contribution is -2.32. The summed E-state index contributed by atoms with van der Waals surface area (Å²) >= 11 is 0. The van der Waals surface area contributed by atoms with E-state index in [9.17, 15) is 4.39 Å². The lowest BCUT2D eigenvalue weighted by atomic mass is 9.71. The Labute approximate surface area is 148 Å². The molecule has 2 nitrogen and oxygen atoms in total. The fourth-order valence-corrected chi connectivity index (χ4v) is 3.89. The zero-order valence-electron chi connectivity index (χ0n) is 14.8. The van der Waals surface area contributed by atoms with E-state index in [2.05, 4.69) is 26.8 Å². The van der Waals surface area contributed by atoms with Gasteiger partial charge in [-0.05, 0) is 30.0 Å². The van der Waals surface area contributed by atoms with Crippen LogP contribution in [-0.2, 0) is 0 Å². The summed E-state index contributed by atoms with van der Waals surface area (Å²) in [6, 6.07) is 14.9. The molecule has 1 aliphatic carbocycles. The van der Waals surface area contributed by atoms with E-state index in [1.165, 1.54) is 11.6 Å². The molecule has 4 rings (SSSR count). The number of fused-ring (bicyclic) bond motifs is 1. The zero-order chi connectivity index (χ0) is 17.6. The van der Waals surface area contributed by atoms with Crippen molar-refractivity contribution in [1.82, 2.24) is 0 Å². The molecular weight excluding hydrogens is 313 g/mol.